The number of anilines is 1. The van der Waals surface area contributed by atoms with Crippen LogP contribution in [0.4, 0.5) is 5.69 Å². The summed E-state index contributed by atoms with van der Waals surface area (Å²) in [5, 5.41) is 6.25. The molecule has 0 spiro atoms. The number of carbonyl (C=O) groups excluding carboxylic acids is 1. The predicted molar refractivity (Wildman–Crippen MR) is 114 cm³/mol. The number of hydrogen-bond acceptors (Lipinski definition) is 3. The smallest absolute Gasteiger partial charge is 0.257 e. The Morgan fingerprint density at radius 2 is 1.89 bits per heavy atom. The Morgan fingerprint density at radius 3 is 2.57 bits per heavy atom. The predicted octanol–water partition coefficient (Wildman–Crippen LogP) is 4.19. The lowest BCUT2D eigenvalue weighted by atomic mass is 10.1. The van der Waals surface area contributed by atoms with Crippen molar-refractivity contribution in [1.29, 1.82) is 0 Å². The van der Waals surface area contributed by atoms with E-state index in [2.05, 4.69) is 35.5 Å². The Balaban J connectivity index is 1.76. The number of hydrogen-bond donors (Lipinski definition) is 2. The lowest BCUT2D eigenvalue weighted by Gasteiger charge is -2.15. The van der Waals surface area contributed by atoms with E-state index in [0.29, 0.717) is 18.1 Å². The second-order valence-electron chi connectivity index (χ2n) is 6.96. The van der Waals surface area contributed by atoms with E-state index in [4.69, 9.17) is 4.74 Å². The molecular weight excluding hydrogens is 350 g/mol. The van der Waals surface area contributed by atoms with Gasteiger partial charge in [-0.1, -0.05) is 44.2 Å². The third kappa shape index (κ3) is 5.42. The molecule has 148 valence electrons. The van der Waals surface area contributed by atoms with E-state index in [-0.39, 0.29) is 12.0 Å². The lowest BCUT2D eigenvalue weighted by molar-refractivity contribution is 0.0975. The molecule has 1 atom stereocenters. The molecule has 1 aliphatic rings. The molecule has 1 aliphatic heterocycles. The van der Waals surface area contributed by atoms with Gasteiger partial charge in [0, 0.05) is 17.9 Å². The maximum absolute atomic E-state index is 12.7. The fourth-order valence-electron chi connectivity index (χ4n) is 3.24. The number of benzene rings is 2. The summed E-state index contributed by atoms with van der Waals surface area (Å²) < 4.78 is 5.67. The van der Waals surface area contributed by atoms with Gasteiger partial charge in [-0.15, -0.1) is 0 Å². The van der Waals surface area contributed by atoms with Gasteiger partial charge >= 0.3 is 0 Å². The summed E-state index contributed by atoms with van der Waals surface area (Å²) in [5.74, 6) is 0.288. The molecule has 3 rings (SSSR count). The van der Waals surface area contributed by atoms with E-state index >= 15 is 0 Å². The summed E-state index contributed by atoms with van der Waals surface area (Å²) >= 11 is 0. The Labute approximate surface area is 167 Å². The van der Waals surface area contributed by atoms with Gasteiger partial charge in [-0.2, -0.15) is 0 Å². The van der Waals surface area contributed by atoms with Crippen LogP contribution in [0.3, 0.4) is 0 Å². The summed E-state index contributed by atoms with van der Waals surface area (Å²) in [4.78, 5) is 17.4. The standard InChI is InChI=1S/C23H29N3O2/c1-3-17-11-13-19(14-12-17)22(27)26-23(24-16-20-9-7-15-28-20)25-21-10-6-5-8-18(21)4-2/h5-6,8,10-14,20H,3-4,7,9,15-16H2,1-2H3,(H2,24,25,26,27)/t20-/m0/s1. The van der Waals surface area contributed by atoms with Crippen molar-refractivity contribution in [2.45, 2.75) is 45.6 Å². The number of guanidine groups is 1. The highest BCUT2D eigenvalue weighted by atomic mass is 16.5. The number of para-hydroxylation sites is 1. The highest BCUT2D eigenvalue weighted by Crippen LogP contribution is 2.16. The van der Waals surface area contributed by atoms with E-state index in [0.717, 1.165) is 38.0 Å². The minimum atomic E-state index is -0.171. The van der Waals surface area contributed by atoms with Crippen LogP contribution < -0.4 is 10.6 Å². The van der Waals surface area contributed by atoms with Gasteiger partial charge in [-0.3, -0.25) is 10.1 Å². The van der Waals surface area contributed by atoms with Crippen molar-refractivity contribution in [2.24, 2.45) is 4.99 Å². The topological polar surface area (TPSA) is 62.7 Å². The van der Waals surface area contributed by atoms with E-state index < -0.39 is 0 Å². The summed E-state index contributed by atoms with van der Waals surface area (Å²) in [6.07, 6.45) is 4.05. The van der Waals surface area contributed by atoms with Gasteiger partial charge in [-0.05, 0) is 55.0 Å². The normalized spacial score (nSPS) is 16.8. The Bertz CT molecular complexity index is 809. The first-order valence-corrected chi connectivity index (χ1v) is 10.1. The average Bonchev–Trinajstić information content (AvgIpc) is 3.26. The number of carbonyl (C=O) groups is 1. The Morgan fingerprint density at radius 1 is 1.11 bits per heavy atom. The average molecular weight is 380 g/mol. The van der Waals surface area contributed by atoms with Crippen LogP contribution in [0, 0.1) is 0 Å². The molecule has 2 aromatic carbocycles. The van der Waals surface area contributed by atoms with Crippen molar-refractivity contribution >= 4 is 17.6 Å². The van der Waals surface area contributed by atoms with Crippen molar-refractivity contribution < 1.29 is 9.53 Å². The van der Waals surface area contributed by atoms with Gasteiger partial charge in [-0.25, -0.2) is 4.99 Å². The molecular formula is C23H29N3O2. The molecule has 1 saturated heterocycles. The molecule has 2 N–H and O–H groups in total. The molecule has 28 heavy (non-hydrogen) atoms. The molecule has 5 nitrogen and oxygen atoms in total. The van der Waals surface area contributed by atoms with Gasteiger partial charge in [0.25, 0.3) is 5.91 Å². The van der Waals surface area contributed by atoms with Crippen LogP contribution in [0.1, 0.15) is 48.2 Å². The minimum absolute atomic E-state index is 0.124. The minimum Gasteiger partial charge on any atom is -0.376 e. The molecule has 1 fully saturated rings. The molecule has 5 heteroatoms. The van der Waals surface area contributed by atoms with Gasteiger partial charge in [0.15, 0.2) is 0 Å². The Kier molecular flexibility index (Phi) is 7.20. The van der Waals surface area contributed by atoms with Crippen molar-refractivity contribution in [3.8, 4) is 0 Å². The second kappa shape index (κ2) is 10.0. The second-order valence-corrected chi connectivity index (χ2v) is 6.96. The number of aliphatic imine (C=N–C) groups is 1. The lowest BCUT2D eigenvalue weighted by Crippen LogP contribution is -2.37. The third-order valence-corrected chi connectivity index (χ3v) is 4.98. The first kappa shape index (κ1) is 20.1. The molecule has 1 heterocycles. The first-order chi connectivity index (χ1) is 13.7. The summed E-state index contributed by atoms with van der Waals surface area (Å²) in [7, 11) is 0. The number of aryl methyl sites for hydroxylation is 2. The van der Waals surface area contributed by atoms with Crippen LogP contribution in [-0.2, 0) is 17.6 Å². The molecule has 0 saturated carbocycles. The number of nitrogens with zero attached hydrogens (tertiary/aromatic N) is 1. The monoisotopic (exact) mass is 379 g/mol. The van der Waals surface area contributed by atoms with Crippen molar-refractivity contribution in [3.05, 3.63) is 65.2 Å². The fraction of sp³-hybridized carbons (Fsp3) is 0.391. The fourth-order valence-corrected chi connectivity index (χ4v) is 3.24. The number of ether oxygens (including phenoxy) is 1. The van der Waals surface area contributed by atoms with E-state index in [9.17, 15) is 4.79 Å². The van der Waals surface area contributed by atoms with Crippen molar-refractivity contribution in [3.63, 3.8) is 0 Å². The third-order valence-electron chi connectivity index (χ3n) is 4.98. The molecule has 0 radical (unpaired) electrons. The quantitative estimate of drug-likeness (QED) is 0.584. The van der Waals surface area contributed by atoms with Crippen LogP contribution in [-0.4, -0.2) is 31.1 Å². The van der Waals surface area contributed by atoms with E-state index in [1.807, 2.05) is 42.5 Å². The molecule has 1 amide bonds. The summed E-state index contributed by atoms with van der Waals surface area (Å²) in [5.41, 5.74) is 3.96. The van der Waals surface area contributed by atoms with Gasteiger partial charge < -0.3 is 10.1 Å². The van der Waals surface area contributed by atoms with E-state index in [1.165, 1.54) is 11.1 Å². The molecule has 0 unspecified atom stereocenters. The first-order valence-electron chi connectivity index (χ1n) is 10.1. The van der Waals surface area contributed by atoms with Crippen LogP contribution in [0.5, 0.6) is 0 Å². The highest BCUT2D eigenvalue weighted by molar-refractivity contribution is 6.10. The van der Waals surface area contributed by atoms with E-state index in [1.54, 1.807) is 0 Å². The number of rotatable bonds is 6. The number of nitrogens with one attached hydrogen (secondary N) is 2. The molecule has 2 aromatic rings. The Hall–Kier alpha value is -2.66. The maximum atomic E-state index is 12.7. The van der Waals surface area contributed by atoms with Crippen LogP contribution in [0.15, 0.2) is 53.5 Å². The zero-order chi connectivity index (χ0) is 19.8. The molecule has 0 bridgehead atoms. The molecule has 0 aromatic heterocycles. The highest BCUT2D eigenvalue weighted by Gasteiger charge is 2.16. The van der Waals surface area contributed by atoms with Crippen LogP contribution in [0.2, 0.25) is 0 Å². The van der Waals surface area contributed by atoms with Crippen molar-refractivity contribution in [1.82, 2.24) is 5.32 Å². The van der Waals surface area contributed by atoms with Gasteiger partial charge in [0.2, 0.25) is 5.96 Å². The van der Waals surface area contributed by atoms with Crippen LogP contribution >= 0.6 is 0 Å². The summed E-state index contributed by atoms with van der Waals surface area (Å²) in [6, 6.07) is 15.7. The van der Waals surface area contributed by atoms with Crippen molar-refractivity contribution in [2.75, 3.05) is 18.5 Å². The van der Waals surface area contributed by atoms with Gasteiger partial charge in [0.05, 0.1) is 12.6 Å². The number of amides is 1. The maximum Gasteiger partial charge on any atom is 0.257 e. The summed E-state index contributed by atoms with van der Waals surface area (Å²) in [6.45, 7) is 5.53. The SMILES string of the molecule is CCc1ccc(C(=O)NC(=NC[C@@H]2CCCO2)Nc2ccccc2CC)cc1. The zero-order valence-corrected chi connectivity index (χ0v) is 16.7. The molecule has 0 aliphatic carbocycles. The zero-order valence-electron chi connectivity index (χ0n) is 16.7. The largest absolute Gasteiger partial charge is 0.376 e. The van der Waals surface area contributed by atoms with Gasteiger partial charge in [0.1, 0.15) is 0 Å². The van der Waals surface area contributed by atoms with Crippen LogP contribution in [0.25, 0.3) is 0 Å².